The van der Waals surface area contributed by atoms with E-state index in [2.05, 4.69) is 27.8 Å². The monoisotopic (exact) mass is 328 g/mol. The van der Waals surface area contributed by atoms with Crippen LogP contribution in [0.5, 0.6) is 0 Å². The number of rotatable bonds is 4. The standard InChI is InChI=1S/C15H22BrFN2/c1-2-11-5-6-19(14(7-11)9-18)10-12-8-13(16)3-4-15(12)17/h3-4,8,11,14H,2,5-7,9-10,18H2,1H3. The van der Waals surface area contributed by atoms with Crippen LogP contribution in [0.25, 0.3) is 0 Å². The normalized spacial score (nSPS) is 24.6. The summed E-state index contributed by atoms with van der Waals surface area (Å²) in [5.41, 5.74) is 6.64. The smallest absolute Gasteiger partial charge is 0.127 e. The summed E-state index contributed by atoms with van der Waals surface area (Å²) in [6.45, 7) is 4.57. The van der Waals surface area contributed by atoms with Gasteiger partial charge < -0.3 is 5.73 Å². The lowest BCUT2D eigenvalue weighted by Gasteiger charge is -2.39. The first-order valence-corrected chi connectivity index (χ1v) is 7.81. The Bertz CT molecular complexity index is 425. The Morgan fingerprint density at radius 3 is 2.95 bits per heavy atom. The molecule has 2 N–H and O–H groups in total. The molecule has 2 unspecified atom stereocenters. The Hall–Kier alpha value is -0.450. The number of likely N-dealkylation sites (tertiary alicyclic amines) is 1. The van der Waals surface area contributed by atoms with Crippen LogP contribution in [0.15, 0.2) is 22.7 Å². The summed E-state index contributed by atoms with van der Waals surface area (Å²) in [6.07, 6.45) is 3.56. The molecule has 2 nitrogen and oxygen atoms in total. The van der Waals surface area contributed by atoms with Crippen LogP contribution in [0.4, 0.5) is 4.39 Å². The van der Waals surface area contributed by atoms with Gasteiger partial charge in [-0.3, -0.25) is 4.90 Å². The van der Waals surface area contributed by atoms with E-state index in [1.807, 2.05) is 6.07 Å². The average molecular weight is 329 g/mol. The topological polar surface area (TPSA) is 29.3 Å². The van der Waals surface area contributed by atoms with Crippen LogP contribution in [-0.2, 0) is 6.54 Å². The molecule has 0 saturated carbocycles. The van der Waals surface area contributed by atoms with Crippen LogP contribution >= 0.6 is 15.9 Å². The van der Waals surface area contributed by atoms with Crippen molar-refractivity contribution in [2.45, 2.75) is 38.8 Å². The minimum Gasteiger partial charge on any atom is -0.329 e. The van der Waals surface area contributed by atoms with Crippen molar-refractivity contribution in [1.29, 1.82) is 0 Å². The number of halogens is 2. The first-order valence-electron chi connectivity index (χ1n) is 7.02. The Morgan fingerprint density at radius 1 is 1.47 bits per heavy atom. The molecule has 0 aliphatic carbocycles. The van der Waals surface area contributed by atoms with Crippen molar-refractivity contribution in [2.75, 3.05) is 13.1 Å². The van der Waals surface area contributed by atoms with Crippen molar-refractivity contribution in [3.05, 3.63) is 34.1 Å². The van der Waals surface area contributed by atoms with E-state index in [-0.39, 0.29) is 5.82 Å². The van der Waals surface area contributed by atoms with Gasteiger partial charge in [0, 0.05) is 29.2 Å². The molecule has 0 aromatic heterocycles. The Labute approximate surface area is 123 Å². The predicted molar refractivity (Wildman–Crippen MR) is 80.4 cm³/mol. The van der Waals surface area contributed by atoms with E-state index in [4.69, 9.17) is 5.73 Å². The first-order chi connectivity index (χ1) is 9.13. The lowest BCUT2D eigenvalue weighted by atomic mass is 9.88. The molecule has 1 aromatic carbocycles. The third kappa shape index (κ3) is 3.77. The van der Waals surface area contributed by atoms with Gasteiger partial charge in [-0.05, 0) is 43.5 Å². The fraction of sp³-hybridized carbons (Fsp3) is 0.600. The van der Waals surface area contributed by atoms with Crippen molar-refractivity contribution in [3.8, 4) is 0 Å². The SMILES string of the molecule is CCC1CCN(Cc2cc(Br)ccc2F)C(CN)C1. The van der Waals surface area contributed by atoms with E-state index in [1.165, 1.54) is 18.9 Å². The second-order valence-corrected chi connectivity index (χ2v) is 6.31. The molecule has 1 saturated heterocycles. The Kier molecular flexibility index (Phi) is 5.37. The quantitative estimate of drug-likeness (QED) is 0.915. The highest BCUT2D eigenvalue weighted by molar-refractivity contribution is 9.10. The molecular weight excluding hydrogens is 307 g/mol. The van der Waals surface area contributed by atoms with E-state index >= 15 is 0 Å². The van der Waals surface area contributed by atoms with E-state index in [1.54, 1.807) is 6.07 Å². The zero-order chi connectivity index (χ0) is 13.8. The van der Waals surface area contributed by atoms with Crippen molar-refractivity contribution in [3.63, 3.8) is 0 Å². The van der Waals surface area contributed by atoms with Gasteiger partial charge in [0.1, 0.15) is 5.82 Å². The summed E-state index contributed by atoms with van der Waals surface area (Å²) in [4.78, 5) is 2.33. The summed E-state index contributed by atoms with van der Waals surface area (Å²) < 4.78 is 14.7. The average Bonchev–Trinajstić information content (AvgIpc) is 2.43. The van der Waals surface area contributed by atoms with E-state index in [0.717, 1.165) is 28.9 Å². The number of hydrogen-bond acceptors (Lipinski definition) is 2. The predicted octanol–water partition coefficient (Wildman–Crippen LogP) is 3.54. The highest BCUT2D eigenvalue weighted by atomic mass is 79.9. The number of benzene rings is 1. The van der Waals surface area contributed by atoms with Gasteiger partial charge in [0.25, 0.3) is 0 Å². The molecular formula is C15H22BrFN2. The summed E-state index contributed by atoms with van der Waals surface area (Å²) in [5.74, 6) is 0.647. The molecule has 0 spiro atoms. The maximum absolute atomic E-state index is 13.8. The van der Waals surface area contributed by atoms with Crippen molar-refractivity contribution >= 4 is 15.9 Å². The van der Waals surface area contributed by atoms with Crippen LogP contribution in [0, 0.1) is 11.7 Å². The molecule has 0 radical (unpaired) electrons. The molecule has 1 heterocycles. The van der Waals surface area contributed by atoms with Crippen molar-refractivity contribution in [2.24, 2.45) is 11.7 Å². The minimum atomic E-state index is -0.128. The van der Waals surface area contributed by atoms with Crippen molar-refractivity contribution in [1.82, 2.24) is 4.90 Å². The third-order valence-corrected chi connectivity index (χ3v) is 4.67. The minimum absolute atomic E-state index is 0.128. The Morgan fingerprint density at radius 2 is 2.26 bits per heavy atom. The van der Waals surface area contributed by atoms with Gasteiger partial charge in [0.05, 0.1) is 0 Å². The maximum atomic E-state index is 13.8. The van der Waals surface area contributed by atoms with Gasteiger partial charge in [-0.25, -0.2) is 4.39 Å². The largest absolute Gasteiger partial charge is 0.329 e. The summed E-state index contributed by atoms with van der Waals surface area (Å²) in [5, 5.41) is 0. The fourth-order valence-electron chi connectivity index (χ4n) is 2.89. The van der Waals surface area contributed by atoms with Crippen LogP contribution in [0.1, 0.15) is 31.7 Å². The molecule has 2 rings (SSSR count). The number of nitrogens with zero attached hydrogens (tertiary/aromatic N) is 1. The van der Waals surface area contributed by atoms with Crippen molar-refractivity contribution < 1.29 is 4.39 Å². The third-order valence-electron chi connectivity index (χ3n) is 4.18. The molecule has 0 bridgehead atoms. The van der Waals surface area contributed by atoms with Gasteiger partial charge in [0.15, 0.2) is 0 Å². The Balaban J connectivity index is 2.07. The molecule has 2 atom stereocenters. The highest BCUT2D eigenvalue weighted by Crippen LogP contribution is 2.27. The van der Waals surface area contributed by atoms with Crippen LogP contribution in [0.3, 0.4) is 0 Å². The summed E-state index contributed by atoms with van der Waals surface area (Å²) in [6, 6.07) is 5.52. The summed E-state index contributed by atoms with van der Waals surface area (Å²) >= 11 is 3.40. The van der Waals surface area contributed by atoms with Gasteiger partial charge in [0.2, 0.25) is 0 Å². The molecule has 0 amide bonds. The highest BCUT2D eigenvalue weighted by Gasteiger charge is 2.27. The first kappa shape index (κ1) is 14.9. The zero-order valence-corrected chi connectivity index (χ0v) is 13.0. The van der Waals surface area contributed by atoms with Crippen LogP contribution in [0.2, 0.25) is 0 Å². The number of nitrogens with two attached hydrogens (primary N) is 1. The van der Waals surface area contributed by atoms with E-state index in [0.29, 0.717) is 19.1 Å². The second-order valence-electron chi connectivity index (χ2n) is 5.39. The second kappa shape index (κ2) is 6.82. The number of hydrogen-bond donors (Lipinski definition) is 1. The van der Waals surface area contributed by atoms with Gasteiger partial charge in [-0.1, -0.05) is 29.3 Å². The van der Waals surface area contributed by atoms with Gasteiger partial charge >= 0.3 is 0 Å². The molecule has 1 aliphatic rings. The lowest BCUT2D eigenvalue weighted by molar-refractivity contribution is 0.106. The maximum Gasteiger partial charge on any atom is 0.127 e. The van der Waals surface area contributed by atoms with E-state index in [9.17, 15) is 4.39 Å². The fourth-order valence-corrected chi connectivity index (χ4v) is 3.30. The van der Waals surface area contributed by atoms with E-state index < -0.39 is 0 Å². The molecule has 106 valence electrons. The molecule has 1 fully saturated rings. The number of piperidine rings is 1. The van der Waals surface area contributed by atoms with Crippen LogP contribution in [-0.4, -0.2) is 24.0 Å². The summed E-state index contributed by atoms with van der Waals surface area (Å²) in [7, 11) is 0. The molecule has 1 aromatic rings. The van der Waals surface area contributed by atoms with Crippen LogP contribution < -0.4 is 5.73 Å². The van der Waals surface area contributed by atoms with Gasteiger partial charge in [-0.15, -0.1) is 0 Å². The molecule has 19 heavy (non-hydrogen) atoms. The zero-order valence-electron chi connectivity index (χ0n) is 11.4. The van der Waals surface area contributed by atoms with Gasteiger partial charge in [-0.2, -0.15) is 0 Å². The molecule has 4 heteroatoms. The lowest BCUT2D eigenvalue weighted by Crippen LogP contribution is -2.46. The molecule has 1 aliphatic heterocycles.